The molecule has 1 aliphatic carbocycles. The second-order valence-corrected chi connectivity index (χ2v) is 9.23. The van der Waals surface area contributed by atoms with Crippen LogP contribution in [0, 0.1) is 5.41 Å². The van der Waals surface area contributed by atoms with Gasteiger partial charge in [-0.3, -0.25) is 4.79 Å². The third-order valence-corrected chi connectivity index (χ3v) is 6.47. The first-order valence-electron chi connectivity index (χ1n) is 8.56. The van der Waals surface area contributed by atoms with Gasteiger partial charge in [0.1, 0.15) is 0 Å². The maximum atomic E-state index is 12.2. The van der Waals surface area contributed by atoms with Crippen LogP contribution in [-0.2, 0) is 9.84 Å². The number of hydrogen-bond donors (Lipinski definition) is 0. The first-order valence-corrected chi connectivity index (χ1v) is 10.4. The summed E-state index contributed by atoms with van der Waals surface area (Å²) in [5, 5.41) is 0. The predicted molar refractivity (Wildman–Crippen MR) is 96.4 cm³/mol. The van der Waals surface area contributed by atoms with Gasteiger partial charge in [0, 0.05) is 24.9 Å². The van der Waals surface area contributed by atoms with Gasteiger partial charge < -0.3 is 4.90 Å². The minimum atomic E-state index is -3.33. The first-order chi connectivity index (χ1) is 11.3. The van der Waals surface area contributed by atoms with E-state index in [0.29, 0.717) is 16.1 Å². The number of hydrogen-bond acceptors (Lipinski definition) is 4. The van der Waals surface area contributed by atoms with Gasteiger partial charge in [0.25, 0.3) is 0 Å². The lowest BCUT2D eigenvalue weighted by Gasteiger charge is -2.45. The maximum absolute atomic E-state index is 12.2. The Kier molecular flexibility index (Phi) is 4.56. The van der Waals surface area contributed by atoms with Crippen molar-refractivity contribution >= 4 is 21.3 Å². The lowest BCUT2D eigenvalue weighted by atomic mass is 9.71. The number of rotatable bonds is 3. The van der Waals surface area contributed by atoms with Crippen LogP contribution in [0.25, 0.3) is 0 Å². The van der Waals surface area contributed by atoms with Crippen molar-refractivity contribution in [3.8, 4) is 0 Å². The molecule has 2 aliphatic rings. The third-order valence-electron chi connectivity index (χ3n) is 5.33. The van der Waals surface area contributed by atoms with Gasteiger partial charge in [0.15, 0.2) is 15.6 Å². The van der Waals surface area contributed by atoms with Crippen LogP contribution in [0.4, 0.5) is 5.69 Å². The van der Waals surface area contributed by atoms with Gasteiger partial charge >= 0.3 is 0 Å². The molecule has 24 heavy (non-hydrogen) atoms. The Hall–Kier alpha value is -1.62. The number of benzene rings is 1. The van der Waals surface area contributed by atoms with Gasteiger partial charge in [0.05, 0.1) is 10.6 Å². The molecule has 1 fully saturated rings. The summed E-state index contributed by atoms with van der Waals surface area (Å²) in [6.07, 6.45) is 11.3. The molecule has 1 aliphatic heterocycles. The molecule has 5 heteroatoms. The second kappa shape index (κ2) is 6.36. The minimum Gasteiger partial charge on any atom is -0.370 e. The number of Topliss-reactive ketones (excluding diaryl/α,β-unsaturated/α-hetero) is 1. The smallest absolute Gasteiger partial charge is 0.177 e. The number of carbonyl (C=O) groups excluding carboxylic acids is 1. The highest BCUT2D eigenvalue weighted by atomic mass is 32.2. The van der Waals surface area contributed by atoms with Gasteiger partial charge in [-0.1, -0.05) is 12.2 Å². The third kappa shape index (κ3) is 3.41. The van der Waals surface area contributed by atoms with Crippen molar-refractivity contribution < 1.29 is 13.2 Å². The summed E-state index contributed by atoms with van der Waals surface area (Å²) in [4.78, 5) is 14.3. The summed E-state index contributed by atoms with van der Waals surface area (Å²) in [5.41, 5.74) is 1.51. The fraction of sp³-hybridized carbons (Fsp3) is 0.526. The molecule has 1 aromatic rings. The zero-order valence-corrected chi connectivity index (χ0v) is 15.2. The van der Waals surface area contributed by atoms with Gasteiger partial charge in [-0.05, 0) is 62.6 Å². The molecule has 0 aromatic heterocycles. The van der Waals surface area contributed by atoms with E-state index in [1.807, 2.05) is 0 Å². The van der Waals surface area contributed by atoms with Crippen LogP contribution in [0.5, 0.6) is 0 Å². The maximum Gasteiger partial charge on any atom is 0.177 e. The molecule has 0 radical (unpaired) electrons. The van der Waals surface area contributed by atoms with Crippen LogP contribution in [0.15, 0.2) is 35.2 Å². The lowest BCUT2D eigenvalue weighted by Crippen LogP contribution is -2.44. The summed E-state index contributed by atoms with van der Waals surface area (Å²) < 4.78 is 24.4. The van der Waals surface area contributed by atoms with Crippen molar-refractivity contribution in [3.05, 3.63) is 35.9 Å². The Morgan fingerprint density at radius 2 is 2.00 bits per heavy atom. The number of anilines is 1. The van der Waals surface area contributed by atoms with E-state index in [1.54, 1.807) is 18.2 Å². The van der Waals surface area contributed by atoms with E-state index in [0.717, 1.165) is 38.8 Å². The summed E-state index contributed by atoms with van der Waals surface area (Å²) in [6, 6.07) is 4.96. The van der Waals surface area contributed by atoms with E-state index in [-0.39, 0.29) is 11.2 Å². The number of piperidine rings is 1. The molecule has 1 aromatic carbocycles. The van der Waals surface area contributed by atoms with Gasteiger partial charge in [-0.25, -0.2) is 8.42 Å². The van der Waals surface area contributed by atoms with Crippen molar-refractivity contribution in [1.29, 1.82) is 0 Å². The lowest BCUT2D eigenvalue weighted by molar-refractivity contribution is 0.101. The molecule has 1 saturated heterocycles. The highest BCUT2D eigenvalue weighted by Gasteiger charge is 2.36. The Bertz CT molecular complexity index is 782. The van der Waals surface area contributed by atoms with Gasteiger partial charge in [-0.2, -0.15) is 0 Å². The number of allylic oxidation sites excluding steroid dienone is 2. The fourth-order valence-electron chi connectivity index (χ4n) is 4.02. The van der Waals surface area contributed by atoms with E-state index < -0.39 is 9.84 Å². The molecule has 1 spiro atoms. The summed E-state index contributed by atoms with van der Waals surface area (Å²) >= 11 is 0. The van der Waals surface area contributed by atoms with E-state index in [9.17, 15) is 13.2 Å². The molecular weight excluding hydrogens is 322 g/mol. The molecule has 1 unspecified atom stereocenters. The Labute approximate surface area is 144 Å². The highest BCUT2D eigenvalue weighted by Crippen LogP contribution is 2.43. The van der Waals surface area contributed by atoms with Crippen molar-refractivity contribution in [1.82, 2.24) is 0 Å². The monoisotopic (exact) mass is 347 g/mol. The van der Waals surface area contributed by atoms with Crippen LogP contribution in [-0.4, -0.2) is 33.5 Å². The average Bonchev–Trinajstić information content (AvgIpc) is 2.54. The number of carbonyl (C=O) groups is 1. The van der Waals surface area contributed by atoms with Crippen molar-refractivity contribution in [2.45, 2.75) is 43.9 Å². The molecule has 0 bridgehead atoms. The molecule has 0 saturated carbocycles. The minimum absolute atomic E-state index is 0.0383. The van der Waals surface area contributed by atoms with E-state index in [2.05, 4.69) is 17.1 Å². The van der Waals surface area contributed by atoms with Crippen molar-refractivity contribution in [3.63, 3.8) is 0 Å². The zero-order chi connectivity index (χ0) is 17.4. The summed E-state index contributed by atoms with van der Waals surface area (Å²) in [5.74, 6) is -0.0383. The van der Waals surface area contributed by atoms with Crippen LogP contribution < -0.4 is 4.90 Å². The summed E-state index contributed by atoms with van der Waals surface area (Å²) in [6.45, 7) is 3.22. The number of sulfone groups is 1. The molecule has 0 N–H and O–H groups in total. The molecule has 4 nitrogen and oxygen atoms in total. The molecule has 3 rings (SSSR count). The van der Waals surface area contributed by atoms with Crippen LogP contribution in [0.2, 0.25) is 0 Å². The van der Waals surface area contributed by atoms with Gasteiger partial charge in [0.2, 0.25) is 0 Å². The molecular formula is C19H25NO3S. The van der Waals surface area contributed by atoms with Crippen molar-refractivity contribution in [2.24, 2.45) is 5.41 Å². The Balaban J connectivity index is 2.01. The first kappa shape index (κ1) is 17.2. The zero-order valence-electron chi connectivity index (χ0n) is 14.4. The quantitative estimate of drug-likeness (QED) is 0.619. The fourth-order valence-corrected chi connectivity index (χ4v) is 4.91. The molecule has 1 atom stereocenters. The average molecular weight is 347 g/mol. The van der Waals surface area contributed by atoms with E-state index >= 15 is 0 Å². The molecule has 1 heterocycles. The number of nitrogens with zero attached hydrogens (tertiary/aromatic N) is 1. The number of ketones is 1. The summed E-state index contributed by atoms with van der Waals surface area (Å²) in [7, 11) is -3.33. The topological polar surface area (TPSA) is 54.5 Å². The predicted octanol–water partition coefficient (Wildman–Crippen LogP) is 3.62. The Morgan fingerprint density at radius 3 is 2.62 bits per heavy atom. The molecule has 130 valence electrons. The highest BCUT2D eigenvalue weighted by molar-refractivity contribution is 7.90. The second-order valence-electron chi connectivity index (χ2n) is 7.25. The SMILES string of the molecule is CC(=O)c1ccc(S(C)(=O)=O)c(N2CCCC3(CC=CCC3)C2)c1. The van der Waals surface area contributed by atoms with Crippen molar-refractivity contribution in [2.75, 3.05) is 24.2 Å². The van der Waals surface area contributed by atoms with Crippen LogP contribution >= 0.6 is 0 Å². The van der Waals surface area contributed by atoms with Gasteiger partial charge in [-0.15, -0.1) is 0 Å². The van der Waals surface area contributed by atoms with E-state index in [4.69, 9.17) is 0 Å². The van der Waals surface area contributed by atoms with Crippen LogP contribution in [0.3, 0.4) is 0 Å². The largest absolute Gasteiger partial charge is 0.370 e. The van der Waals surface area contributed by atoms with Crippen LogP contribution in [0.1, 0.15) is 49.4 Å². The standard InChI is InChI=1S/C19H25NO3S/c1-15(21)16-7-8-18(24(2,22)23)17(13-16)20-12-6-11-19(14-20)9-4-3-5-10-19/h3-4,7-8,13H,5-6,9-12,14H2,1-2H3. The van der Waals surface area contributed by atoms with E-state index in [1.165, 1.54) is 19.6 Å². The normalized spacial score (nSPS) is 24.3. The molecule has 0 amide bonds. The Morgan fingerprint density at radius 1 is 1.21 bits per heavy atom.